The van der Waals surface area contributed by atoms with Crippen molar-refractivity contribution in [1.82, 2.24) is 0 Å². The Morgan fingerprint density at radius 3 is 2.75 bits per heavy atom. The number of hydrogen-bond acceptors (Lipinski definition) is 3. The number of hydrogen-bond donors (Lipinski definition) is 0. The molecule has 0 saturated carbocycles. The number of halogens is 2. The van der Waals surface area contributed by atoms with Gasteiger partial charge in [0.2, 0.25) is 0 Å². The third kappa shape index (κ3) is 3.49. The highest BCUT2D eigenvalue weighted by atomic mass is 79.9. The molecule has 2 aromatic rings. The predicted molar refractivity (Wildman–Crippen MR) is 81.3 cm³/mol. The maximum absolute atomic E-state index is 10.8. The molecule has 0 fully saturated rings. The van der Waals surface area contributed by atoms with Crippen LogP contribution < -0.4 is 4.74 Å². The van der Waals surface area contributed by atoms with E-state index in [4.69, 9.17) is 16.3 Å². The Hall–Kier alpha value is -1.59. The lowest BCUT2D eigenvalue weighted by atomic mass is 10.2. The number of aryl methyl sites for hydroxylation is 1. The number of ether oxygens (including phenoxy) is 1. The number of benzene rings is 2. The Bertz CT molecular complexity index is 661. The van der Waals surface area contributed by atoms with Crippen molar-refractivity contribution in [1.29, 1.82) is 0 Å². The molecule has 0 aliphatic carbocycles. The highest BCUT2D eigenvalue weighted by Crippen LogP contribution is 2.27. The lowest BCUT2D eigenvalue weighted by molar-refractivity contribution is -0.384. The van der Waals surface area contributed by atoms with E-state index in [1.54, 1.807) is 6.07 Å². The molecule has 2 aromatic carbocycles. The van der Waals surface area contributed by atoms with Crippen LogP contribution in [-0.4, -0.2) is 4.92 Å². The monoisotopic (exact) mass is 355 g/mol. The summed E-state index contributed by atoms with van der Waals surface area (Å²) in [5, 5.41) is 10.9. The first-order valence-corrected chi connectivity index (χ1v) is 6.96. The molecule has 20 heavy (non-hydrogen) atoms. The number of rotatable bonds is 4. The van der Waals surface area contributed by atoms with E-state index < -0.39 is 4.92 Å². The summed E-state index contributed by atoms with van der Waals surface area (Å²) in [4.78, 5) is 10.3. The topological polar surface area (TPSA) is 52.4 Å². The molecule has 0 radical (unpaired) electrons. The minimum atomic E-state index is -0.504. The molecule has 0 spiro atoms. The largest absolute Gasteiger partial charge is 0.489 e. The van der Waals surface area contributed by atoms with Gasteiger partial charge in [-0.05, 0) is 36.2 Å². The van der Waals surface area contributed by atoms with Crippen LogP contribution in [0.2, 0.25) is 5.02 Å². The molecule has 6 heteroatoms. The fraction of sp³-hybridized carbons (Fsp3) is 0.143. The molecule has 0 aromatic heterocycles. The number of nitro groups is 1. The summed E-state index contributed by atoms with van der Waals surface area (Å²) in [5.41, 5.74) is 1.58. The van der Waals surface area contributed by atoms with E-state index in [1.165, 1.54) is 12.1 Å². The van der Waals surface area contributed by atoms with Crippen molar-refractivity contribution >= 4 is 33.2 Å². The van der Waals surface area contributed by atoms with Gasteiger partial charge in [0.05, 0.1) is 4.92 Å². The van der Waals surface area contributed by atoms with Crippen molar-refractivity contribution in [2.45, 2.75) is 13.5 Å². The lowest BCUT2D eigenvalue weighted by Gasteiger charge is -2.09. The van der Waals surface area contributed by atoms with Crippen molar-refractivity contribution in [3.63, 3.8) is 0 Å². The van der Waals surface area contributed by atoms with Gasteiger partial charge in [-0.2, -0.15) is 0 Å². The molecule has 0 aliphatic heterocycles. The summed E-state index contributed by atoms with van der Waals surface area (Å²) in [5.74, 6) is 0.733. The molecule has 0 N–H and O–H groups in total. The summed E-state index contributed by atoms with van der Waals surface area (Å²) < 4.78 is 6.60. The SMILES string of the molecule is Cc1ccc(Br)cc1OCc1ccc(Cl)c([N+](=O)[O-])c1. The lowest BCUT2D eigenvalue weighted by Crippen LogP contribution is -1.98. The third-order valence-electron chi connectivity index (χ3n) is 2.75. The molecule has 0 aliphatic rings. The van der Waals surface area contributed by atoms with Crippen LogP contribution >= 0.6 is 27.5 Å². The van der Waals surface area contributed by atoms with Gasteiger partial charge >= 0.3 is 0 Å². The Kier molecular flexibility index (Phi) is 4.62. The molecule has 0 heterocycles. The average Bonchev–Trinajstić information content (AvgIpc) is 2.41. The van der Waals surface area contributed by atoms with Crippen LogP contribution in [0.1, 0.15) is 11.1 Å². The molecule has 0 saturated heterocycles. The van der Waals surface area contributed by atoms with E-state index in [2.05, 4.69) is 15.9 Å². The molecule has 0 bridgehead atoms. The summed E-state index contributed by atoms with van der Waals surface area (Å²) in [7, 11) is 0. The smallest absolute Gasteiger partial charge is 0.288 e. The van der Waals surface area contributed by atoms with Crippen molar-refractivity contribution in [3.05, 3.63) is 67.1 Å². The maximum atomic E-state index is 10.8. The van der Waals surface area contributed by atoms with Gasteiger partial charge in [-0.1, -0.05) is 39.7 Å². The second-order valence-corrected chi connectivity index (χ2v) is 5.56. The van der Waals surface area contributed by atoms with Gasteiger partial charge in [-0.15, -0.1) is 0 Å². The first-order valence-electron chi connectivity index (χ1n) is 5.79. The summed E-state index contributed by atoms with van der Waals surface area (Å²) in [6.45, 7) is 2.18. The molecule has 4 nitrogen and oxygen atoms in total. The van der Waals surface area contributed by atoms with Crippen molar-refractivity contribution in [2.75, 3.05) is 0 Å². The van der Waals surface area contributed by atoms with Crippen LogP contribution in [0, 0.1) is 17.0 Å². The standard InChI is InChI=1S/C14H11BrClNO3/c1-9-2-4-11(15)7-14(9)20-8-10-3-5-12(16)13(6-10)17(18)19/h2-7H,8H2,1H3. The van der Waals surface area contributed by atoms with Gasteiger partial charge in [0.1, 0.15) is 17.4 Å². The Balaban J connectivity index is 2.17. The normalized spacial score (nSPS) is 10.3. The zero-order valence-electron chi connectivity index (χ0n) is 10.6. The fourth-order valence-electron chi connectivity index (χ4n) is 1.68. The second-order valence-electron chi connectivity index (χ2n) is 4.24. The van der Waals surface area contributed by atoms with Crippen LogP contribution in [0.25, 0.3) is 0 Å². The molecule has 0 atom stereocenters. The maximum Gasteiger partial charge on any atom is 0.288 e. The zero-order valence-corrected chi connectivity index (χ0v) is 12.9. The quantitative estimate of drug-likeness (QED) is 0.578. The van der Waals surface area contributed by atoms with Gasteiger partial charge in [-0.25, -0.2) is 0 Å². The van der Waals surface area contributed by atoms with Crippen LogP contribution in [0.5, 0.6) is 5.75 Å². The van der Waals surface area contributed by atoms with E-state index in [0.717, 1.165) is 15.8 Å². The highest BCUT2D eigenvalue weighted by molar-refractivity contribution is 9.10. The van der Waals surface area contributed by atoms with Crippen LogP contribution in [-0.2, 0) is 6.61 Å². The molecule has 0 amide bonds. The Morgan fingerprint density at radius 2 is 2.05 bits per heavy atom. The molecular formula is C14H11BrClNO3. The van der Waals surface area contributed by atoms with E-state index >= 15 is 0 Å². The van der Waals surface area contributed by atoms with E-state index in [-0.39, 0.29) is 17.3 Å². The molecule has 104 valence electrons. The second kappa shape index (κ2) is 6.24. The summed E-state index contributed by atoms with van der Waals surface area (Å²) in [6, 6.07) is 10.4. The van der Waals surface area contributed by atoms with Crippen LogP contribution in [0.15, 0.2) is 40.9 Å². The zero-order chi connectivity index (χ0) is 14.7. The summed E-state index contributed by atoms with van der Waals surface area (Å²) in [6.07, 6.45) is 0. The Labute approximate surface area is 129 Å². The number of nitrogens with zero attached hydrogens (tertiary/aromatic N) is 1. The van der Waals surface area contributed by atoms with Crippen molar-refractivity contribution in [3.8, 4) is 5.75 Å². The van der Waals surface area contributed by atoms with Gasteiger partial charge in [-0.3, -0.25) is 10.1 Å². The molecular weight excluding hydrogens is 346 g/mol. The third-order valence-corrected chi connectivity index (χ3v) is 3.56. The van der Waals surface area contributed by atoms with E-state index in [1.807, 2.05) is 25.1 Å². The average molecular weight is 357 g/mol. The summed E-state index contributed by atoms with van der Waals surface area (Å²) >= 11 is 9.14. The minimum Gasteiger partial charge on any atom is -0.489 e. The molecule has 2 rings (SSSR count). The van der Waals surface area contributed by atoms with Gasteiger partial charge in [0.25, 0.3) is 5.69 Å². The number of nitro benzene ring substituents is 1. The van der Waals surface area contributed by atoms with E-state index in [9.17, 15) is 10.1 Å². The molecule has 0 unspecified atom stereocenters. The van der Waals surface area contributed by atoms with E-state index in [0.29, 0.717) is 5.56 Å². The first kappa shape index (κ1) is 14.8. The van der Waals surface area contributed by atoms with Gasteiger partial charge in [0, 0.05) is 10.5 Å². The Morgan fingerprint density at radius 1 is 1.30 bits per heavy atom. The predicted octanol–water partition coefficient (Wildman–Crippen LogP) is 4.90. The van der Waals surface area contributed by atoms with Gasteiger partial charge in [0.15, 0.2) is 0 Å². The van der Waals surface area contributed by atoms with Crippen molar-refractivity contribution in [2.24, 2.45) is 0 Å². The van der Waals surface area contributed by atoms with Crippen LogP contribution in [0.4, 0.5) is 5.69 Å². The minimum absolute atomic E-state index is 0.112. The fourth-order valence-corrected chi connectivity index (χ4v) is 2.21. The first-order chi connectivity index (χ1) is 9.47. The van der Waals surface area contributed by atoms with Crippen LogP contribution in [0.3, 0.4) is 0 Å². The highest BCUT2D eigenvalue weighted by Gasteiger charge is 2.13. The van der Waals surface area contributed by atoms with Gasteiger partial charge < -0.3 is 4.74 Å². The van der Waals surface area contributed by atoms with Crippen molar-refractivity contribution < 1.29 is 9.66 Å².